The minimum atomic E-state index is -0.829. The highest BCUT2D eigenvalue weighted by molar-refractivity contribution is 5.70. The molecule has 0 aliphatic carbocycles. The lowest BCUT2D eigenvalue weighted by atomic mass is 9.89. The Bertz CT molecular complexity index is 391. The number of nitrogens with one attached hydrogen (secondary N) is 1. The van der Waals surface area contributed by atoms with Gasteiger partial charge in [0.2, 0.25) is 0 Å². The molecule has 0 bridgehead atoms. The molecule has 2 rings (SSSR count). The van der Waals surface area contributed by atoms with Crippen molar-refractivity contribution in [1.29, 1.82) is 0 Å². The summed E-state index contributed by atoms with van der Waals surface area (Å²) in [5.41, 5.74) is 0.345. The highest BCUT2D eigenvalue weighted by atomic mass is 16.5. The molecule has 4 heteroatoms. The van der Waals surface area contributed by atoms with E-state index in [-0.39, 0.29) is 6.42 Å². The summed E-state index contributed by atoms with van der Waals surface area (Å²) in [6.07, 6.45) is 0.0283. The SMILES string of the molecule is CNC1(CC(=O)O)COc2ccccc21. The van der Waals surface area contributed by atoms with Crippen molar-refractivity contribution in [3.8, 4) is 5.75 Å². The number of carboxylic acid groups (broad SMARTS) is 1. The lowest BCUT2D eigenvalue weighted by molar-refractivity contribution is -0.139. The summed E-state index contributed by atoms with van der Waals surface area (Å²) in [7, 11) is 1.76. The van der Waals surface area contributed by atoms with Gasteiger partial charge in [-0.3, -0.25) is 4.79 Å². The molecule has 0 saturated carbocycles. The standard InChI is InChI=1S/C11H13NO3/c1-12-11(6-10(13)14)7-15-9-5-3-2-4-8(9)11/h2-5,12H,6-7H2,1H3,(H,13,14). The molecule has 1 aliphatic heterocycles. The Labute approximate surface area is 87.9 Å². The van der Waals surface area contributed by atoms with Crippen molar-refractivity contribution in [2.45, 2.75) is 12.0 Å². The number of para-hydroxylation sites is 1. The van der Waals surface area contributed by atoms with Crippen molar-refractivity contribution >= 4 is 5.97 Å². The Morgan fingerprint density at radius 2 is 2.33 bits per heavy atom. The Balaban J connectivity index is 2.41. The number of hydrogen-bond acceptors (Lipinski definition) is 3. The molecule has 1 aliphatic rings. The second-order valence-electron chi connectivity index (χ2n) is 3.69. The largest absolute Gasteiger partial charge is 0.491 e. The molecule has 1 heterocycles. The van der Waals surface area contributed by atoms with Crippen LogP contribution in [0.2, 0.25) is 0 Å². The first kappa shape index (κ1) is 9.98. The molecule has 2 N–H and O–H groups in total. The molecule has 0 fully saturated rings. The molecule has 4 nitrogen and oxygen atoms in total. The molecule has 0 aromatic heterocycles. The van der Waals surface area contributed by atoms with Crippen molar-refractivity contribution in [2.24, 2.45) is 0 Å². The Morgan fingerprint density at radius 1 is 1.60 bits per heavy atom. The normalized spacial score (nSPS) is 23.3. The zero-order valence-corrected chi connectivity index (χ0v) is 8.49. The zero-order valence-electron chi connectivity index (χ0n) is 8.49. The van der Waals surface area contributed by atoms with E-state index < -0.39 is 11.5 Å². The molecule has 0 amide bonds. The van der Waals surface area contributed by atoms with Crippen LogP contribution >= 0.6 is 0 Å². The maximum absolute atomic E-state index is 10.8. The Morgan fingerprint density at radius 3 is 3.00 bits per heavy atom. The summed E-state index contributed by atoms with van der Waals surface area (Å²) in [5, 5.41) is 12.0. The number of aliphatic carboxylic acids is 1. The van der Waals surface area contributed by atoms with E-state index in [0.29, 0.717) is 6.61 Å². The van der Waals surface area contributed by atoms with Gasteiger partial charge in [0.25, 0.3) is 0 Å². The molecule has 1 unspecified atom stereocenters. The third kappa shape index (κ3) is 1.57. The number of benzene rings is 1. The van der Waals surface area contributed by atoms with Crippen LogP contribution in [0.4, 0.5) is 0 Å². The number of carboxylic acids is 1. The number of ether oxygens (including phenoxy) is 1. The summed E-state index contributed by atoms with van der Waals surface area (Å²) in [4.78, 5) is 10.8. The molecule has 1 aromatic rings. The lowest BCUT2D eigenvalue weighted by Gasteiger charge is -2.25. The number of likely N-dealkylation sites (N-methyl/N-ethyl adjacent to an activating group) is 1. The van der Waals surface area contributed by atoms with E-state index >= 15 is 0 Å². The number of hydrogen-bond donors (Lipinski definition) is 2. The summed E-state index contributed by atoms with van der Waals surface area (Å²) in [5.74, 6) is -0.0576. The average molecular weight is 207 g/mol. The van der Waals surface area contributed by atoms with Gasteiger partial charge >= 0.3 is 5.97 Å². The maximum atomic E-state index is 10.8. The third-order valence-electron chi connectivity index (χ3n) is 2.81. The summed E-state index contributed by atoms with van der Waals surface area (Å²) >= 11 is 0. The van der Waals surface area contributed by atoms with E-state index in [1.807, 2.05) is 24.3 Å². The smallest absolute Gasteiger partial charge is 0.305 e. The molecule has 0 spiro atoms. The van der Waals surface area contributed by atoms with Crippen molar-refractivity contribution in [2.75, 3.05) is 13.7 Å². The molecule has 1 atom stereocenters. The second-order valence-corrected chi connectivity index (χ2v) is 3.69. The van der Waals surface area contributed by atoms with Crippen LogP contribution in [-0.4, -0.2) is 24.7 Å². The van der Waals surface area contributed by atoms with Crippen molar-refractivity contribution < 1.29 is 14.6 Å². The average Bonchev–Trinajstić information content (AvgIpc) is 2.58. The number of carbonyl (C=O) groups is 1. The van der Waals surface area contributed by atoms with Gasteiger partial charge in [-0.1, -0.05) is 18.2 Å². The van der Waals surface area contributed by atoms with Gasteiger partial charge < -0.3 is 15.2 Å². The van der Waals surface area contributed by atoms with E-state index in [1.165, 1.54) is 0 Å². The van der Waals surface area contributed by atoms with Crippen LogP contribution in [0.15, 0.2) is 24.3 Å². The number of rotatable bonds is 3. The van der Waals surface area contributed by atoms with Gasteiger partial charge in [-0.15, -0.1) is 0 Å². The highest BCUT2D eigenvalue weighted by Gasteiger charge is 2.40. The van der Waals surface area contributed by atoms with Crippen molar-refractivity contribution in [3.05, 3.63) is 29.8 Å². The summed E-state index contributed by atoms with van der Waals surface area (Å²) in [6.45, 7) is 0.370. The van der Waals surface area contributed by atoms with Crippen LogP contribution in [0, 0.1) is 0 Å². The topological polar surface area (TPSA) is 58.6 Å². The van der Waals surface area contributed by atoms with Crippen molar-refractivity contribution in [1.82, 2.24) is 5.32 Å². The number of fused-ring (bicyclic) bond motifs is 1. The van der Waals surface area contributed by atoms with Gasteiger partial charge in [0, 0.05) is 5.56 Å². The predicted octanol–water partition coefficient (Wildman–Crippen LogP) is 0.968. The van der Waals surface area contributed by atoms with Gasteiger partial charge in [0.1, 0.15) is 12.4 Å². The van der Waals surface area contributed by atoms with Crippen LogP contribution < -0.4 is 10.1 Å². The first-order valence-corrected chi connectivity index (χ1v) is 4.81. The first-order valence-electron chi connectivity index (χ1n) is 4.81. The van der Waals surface area contributed by atoms with Gasteiger partial charge in [0.15, 0.2) is 0 Å². The highest BCUT2D eigenvalue weighted by Crippen LogP contribution is 2.38. The molecule has 15 heavy (non-hydrogen) atoms. The van der Waals surface area contributed by atoms with Crippen LogP contribution in [0.5, 0.6) is 5.75 Å². The van der Waals surface area contributed by atoms with E-state index in [0.717, 1.165) is 11.3 Å². The van der Waals surface area contributed by atoms with E-state index in [4.69, 9.17) is 9.84 Å². The second kappa shape index (κ2) is 3.55. The molecule has 80 valence electrons. The monoisotopic (exact) mass is 207 g/mol. The summed E-state index contributed by atoms with van der Waals surface area (Å²) in [6, 6.07) is 7.53. The van der Waals surface area contributed by atoms with Crippen molar-refractivity contribution in [3.63, 3.8) is 0 Å². The first-order chi connectivity index (χ1) is 7.18. The van der Waals surface area contributed by atoms with Crippen LogP contribution in [0.3, 0.4) is 0 Å². The molecule has 1 aromatic carbocycles. The Hall–Kier alpha value is -1.55. The fourth-order valence-electron chi connectivity index (χ4n) is 1.97. The minimum absolute atomic E-state index is 0.0283. The van der Waals surface area contributed by atoms with Gasteiger partial charge in [-0.2, -0.15) is 0 Å². The predicted molar refractivity (Wildman–Crippen MR) is 54.9 cm³/mol. The third-order valence-corrected chi connectivity index (χ3v) is 2.81. The zero-order chi connectivity index (χ0) is 10.9. The van der Waals surface area contributed by atoms with E-state index in [9.17, 15) is 4.79 Å². The van der Waals surface area contributed by atoms with E-state index in [2.05, 4.69) is 5.32 Å². The fraction of sp³-hybridized carbons (Fsp3) is 0.364. The Kier molecular flexibility index (Phi) is 2.36. The van der Waals surface area contributed by atoms with E-state index in [1.54, 1.807) is 7.05 Å². The maximum Gasteiger partial charge on any atom is 0.305 e. The molecular formula is C11H13NO3. The summed E-state index contributed by atoms with van der Waals surface area (Å²) < 4.78 is 5.48. The van der Waals surface area contributed by atoms with Gasteiger partial charge in [0.05, 0.1) is 12.0 Å². The molecule has 0 saturated heterocycles. The quantitative estimate of drug-likeness (QED) is 0.775. The lowest BCUT2D eigenvalue weighted by Crippen LogP contribution is -2.43. The van der Waals surface area contributed by atoms with Gasteiger partial charge in [-0.25, -0.2) is 0 Å². The molecule has 0 radical (unpaired) electrons. The minimum Gasteiger partial charge on any atom is -0.491 e. The van der Waals surface area contributed by atoms with Gasteiger partial charge in [-0.05, 0) is 13.1 Å². The van der Waals surface area contributed by atoms with Crippen LogP contribution in [0.25, 0.3) is 0 Å². The van der Waals surface area contributed by atoms with Crippen LogP contribution in [-0.2, 0) is 10.3 Å². The fourth-order valence-corrected chi connectivity index (χ4v) is 1.97. The van der Waals surface area contributed by atoms with Crippen LogP contribution in [0.1, 0.15) is 12.0 Å². The molecular weight excluding hydrogens is 194 g/mol.